The number of benzene rings is 1. The van der Waals surface area contributed by atoms with Crippen molar-refractivity contribution in [3.8, 4) is 22.6 Å². The molecule has 1 atom stereocenters. The third-order valence-corrected chi connectivity index (χ3v) is 3.69. The molecule has 1 unspecified atom stereocenters. The smallest absolute Gasteiger partial charge is 0.168 e. The van der Waals surface area contributed by atoms with Crippen LogP contribution in [0.15, 0.2) is 24.5 Å². The Morgan fingerprint density at radius 1 is 1.29 bits per heavy atom. The second-order valence-electron chi connectivity index (χ2n) is 5.19. The van der Waals surface area contributed by atoms with E-state index in [4.69, 9.17) is 15.2 Å². The molecule has 0 aliphatic heterocycles. The fraction of sp³-hybridized carbons (Fsp3) is 0.438. The van der Waals surface area contributed by atoms with Crippen LogP contribution in [-0.4, -0.2) is 30.5 Å². The van der Waals surface area contributed by atoms with Crippen LogP contribution in [0, 0.1) is 0 Å². The molecule has 2 N–H and O–H groups in total. The van der Waals surface area contributed by atoms with Crippen molar-refractivity contribution in [3.63, 3.8) is 0 Å². The number of hydrogen-bond donors (Lipinski definition) is 1. The molecule has 0 spiro atoms. The van der Waals surface area contributed by atoms with Crippen molar-refractivity contribution in [2.45, 2.75) is 19.3 Å². The highest BCUT2D eigenvalue weighted by molar-refractivity contribution is 5.74. The van der Waals surface area contributed by atoms with E-state index in [1.54, 1.807) is 18.9 Å². The Morgan fingerprint density at radius 2 is 2.05 bits per heavy atom. The van der Waals surface area contributed by atoms with Crippen molar-refractivity contribution in [2.24, 2.45) is 12.8 Å². The summed E-state index contributed by atoms with van der Waals surface area (Å²) in [4.78, 5) is 0. The minimum atomic E-state index is 0.366. The average Bonchev–Trinajstić information content (AvgIpc) is 2.92. The second-order valence-corrected chi connectivity index (χ2v) is 5.19. The number of ether oxygens (including phenoxy) is 2. The van der Waals surface area contributed by atoms with Gasteiger partial charge < -0.3 is 15.2 Å². The van der Waals surface area contributed by atoms with E-state index in [1.807, 2.05) is 25.5 Å². The number of aryl methyl sites for hydroxylation is 1. The molecule has 0 saturated heterocycles. The number of hydrogen-bond acceptors (Lipinski definition) is 4. The van der Waals surface area contributed by atoms with Gasteiger partial charge in [0, 0.05) is 24.4 Å². The summed E-state index contributed by atoms with van der Waals surface area (Å²) in [5, 5.41) is 4.24. The first kappa shape index (κ1) is 15.4. The molecular weight excluding hydrogens is 266 g/mol. The van der Waals surface area contributed by atoms with E-state index >= 15 is 0 Å². The van der Waals surface area contributed by atoms with Gasteiger partial charge in [0.05, 0.1) is 20.4 Å². The quantitative estimate of drug-likeness (QED) is 0.887. The van der Waals surface area contributed by atoms with Gasteiger partial charge in [-0.1, -0.05) is 6.92 Å². The summed E-state index contributed by atoms with van der Waals surface area (Å²) in [6.45, 7) is 2.83. The molecule has 0 amide bonds. The molecule has 0 bridgehead atoms. The molecule has 21 heavy (non-hydrogen) atoms. The molecule has 2 aromatic rings. The van der Waals surface area contributed by atoms with E-state index in [0.29, 0.717) is 12.5 Å². The number of aromatic nitrogens is 2. The molecule has 114 valence electrons. The zero-order valence-corrected chi connectivity index (χ0v) is 13.1. The molecule has 2 rings (SSSR count). The van der Waals surface area contributed by atoms with Gasteiger partial charge in [0.1, 0.15) is 0 Å². The highest BCUT2D eigenvalue weighted by Crippen LogP contribution is 2.41. The summed E-state index contributed by atoms with van der Waals surface area (Å²) >= 11 is 0. The third kappa shape index (κ3) is 3.19. The highest BCUT2D eigenvalue weighted by Gasteiger charge is 2.17. The first-order chi connectivity index (χ1) is 10.1. The second kappa shape index (κ2) is 6.63. The molecule has 1 aromatic carbocycles. The van der Waals surface area contributed by atoms with Crippen LogP contribution in [0.2, 0.25) is 0 Å². The van der Waals surface area contributed by atoms with Crippen molar-refractivity contribution >= 4 is 0 Å². The summed E-state index contributed by atoms with van der Waals surface area (Å²) in [7, 11) is 5.21. The van der Waals surface area contributed by atoms with Gasteiger partial charge in [-0.3, -0.25) is 4.68 Å². The van der Waals surface area contributed by atoms with E-state index in [2.05, 4.69) is 18.1 Å². The lowest BCUT2D eigenvalue weighted by Gasteiger charge is -2.17. The number of nitrogens with two attached hydrogens (primary N) is 1. The molecule has 0 saturated carbocycles. The summed E-state index contributed by atoms with van der Waals surface area (Å²) < 4.78 is 12.8. The van der Waals surface area contributed by atoms with E-state index in [1.165, 1.54) is 5.56 Å². The first-order valence-corrected chi connectivity index (χ1v) is 7.05. The molecule has 1 aromatic heterocycles. The topological polar surface area (TPSA) is 62.3 Å². The van der Waals surface area contributed by atoms with Gasteiger partial charge in [-0.25, -0.2) is 0 Å². The zero-order chi connectivity index (χ0) is 15.4. The van der Waals surface area contributed by atoms with Crippen LogP contribution >= 0.6 is 0 Å². The van der Waals surface area contributed by atoms with Crippen molar-refractivity contribution in [1.29, 1.82) is 0 Å². The Labute approximate surface area is 125 Å². The Hall–Kier alpha value is -2.01. The zero-order valence-electron chi connectivity index (χ0n) is 13.1. The van der Waals surface area contributed by atoms with Crippen LogP contribution in [0.25, 0.3) is 11.1 Å². The lowest BCUT2D eigenvalue weighted by atomic mass is 9.93. The Morgan fingerprint density at radius 3 is 2.57 bits per heavy atom. The van der Waals surface area contributed by atoms with Gasteiger partial charge in [-0.05, 0) is 36.6 Å². The Bertz CT molecular complexity index is 608. The van der Waals surface area contributed by atoms with Gasteiger partial charge in [0.25, 0.3) is 0 Å². The minimum absolute atomic E-state index is 0.366. The molecule has 1 heterocycles. The average molecular weight is 289 g/mol. The van der Waals surface area contributed by atoms with Crippen molar-refractivity contribution in [3.05, 3.63) is 30.1 Å². The van der Waals surface area contributed by atoms with E-state index < -0.39 is 0 Å². The molecule has 5 heteroatoms. The Kier molecular flexibility index (Phi) is 4.85. The minimum Gasteiger partial charge on any atom is -0.493 e. The molecule has 5 nitrogen and oxygen atoms in total. The normalized spacial score (nSPS) is 12.2. The van der Waals surface area contributed by atoms with Gasteiger partial charge in [-0.15, -0.1) is 0 Å². The van der Waals surface area contributed by atoms with E-state index in [-0.39, 0.29) is 0 Å². The summed E-state index contributed by atoms with van der Waals surface area (Å²) in [5.74, 6) is 1.83. The number of methoxy groups -OCH3 is 2. The SMILES string of the molecule is COc1cc(C(C)CCN)cc(-c2cnn(C)c2)c1OC. The fourth-order valence-corrected chi connectivity index (χ4v) is 2.46. The van der Waals surface area contributed by atoms with Gasteiger partial charge in [-0.2, -0.15) is 5.10 Å². The fourth-order valence-electron chi connectivity index (χ4n) is 2.46. The van der Waals surface area contributed by atoms with Crippen LogP contribution < -0.4 is 15.2 Å². The molecule has 0 fully saturated rings. The van der Waals surface area contributed by atoms with Gasteiger partial charge in [0.15, 0.2) is 11.5 Å². The molecular formula is C16H23N3O2. The van der Waals surface area contributed by atoms with Crippen molar-refractivity contribution < 1.29 is 9.47 Å². The monoisotopic (exact) mass is 289 g/mol. The van der Waals surface area contributed by atoms with Crippen LogP contribution in [-0.2, 0) is 7.05 Å². The van der Waals surface area contributed by atoms with Gasteiger partial charge in [0.2, 0.25) is 0 Å². The largest absolute Gasteiger partial charge is 0.493 e. The van der Waals surface area contributed by atoms with E-state index in [9.17, 15) is 0 Å². The summed E-state index contributed by atoms with van der Waals surface area (Å²) in [6, 6.07) is 4.16. The predicted octanol–water partition coefficient (Wildman–Crippen LogP) is 2.56. The Balaban J connectivity index is 2.57. The van der Waals surface area contributed by atoms with Crippen LogP contribution in [0.3, 0.4) is 0 Å². The maximum Gasteiger partial charge on any atom is 0.168 e. The van der Waals surface area contributed by atoms with Crippen LogP contribution in [0.4, 0.5) is 0 Å². The molecule has 0 aliphatic rings. The standard InChI is InChI=1S/C16H23N3O2/c1-11(5-6-17)12-7-14(13-9-18-19(2)10-13)16(21-4)15(8-12)20-3/h7-11H,5-6,17H2,1-4H3. The maximum absolute atomic E-state index is 5.68. The van der Waals surface area contributed by atoms with Crippen molar-refractivity contribution in [2.75, 3.05) is 20.8 Å². The summed E-state index contributed by atoms with van der Waals surface area (Å²) in [5.41, 5.74) is 8.87. The number of nitrogens with zero attached hydrogens (tertiary/aromatic N) is 2. The third-order valence-electron chi connectivity index (χ3n) is 3.69. The summed E-state index contributed by atoms with van der Waals surface area (Å²) in [6.07, 6.45) is 4.73. The van der Waals surface area contributed by atoms with E-state index in [0.717, 1.165) is 29.0 Å². The first-order valence-electron chi connectivity index (χ1n) is 7.05. The maximum atomic E-state index is 5.68. The lowest BCUT2D eigenvalue weighted by molar-refractivity contribution is 0.355. The van der Waals surface area contributed by atoms with Crippen LogP contribution in [0.5, 0.6) is 11.5 Å². The number of rotatable bonds is 6. The lowest BCUT2D eigenvalue weighted by Crippen LogP contribution is -2.05. The molecule has 0 radical (unpaired) electrons. The predicted molar refractivity (Wildman–Crippen MR) is 83.8 cm³/mol. The highest BCUT2D eigenvalue weighted by atomic mass is 16.5. The molecule has 0 aliphatic carbocycles. The van der Waals surface area contributed by atoms with Gasteiger partial charge >= 0.3 is 0 Å². The van der Waals surface area contributed by atoms with Crippen molar-refractivity contribution in [1.82, 2.24) is 9.78 Å². The van der Waals surface area contributed by atoms with Crippen LogP contribution in [0.1, 0.15) is 24.8 Å².